The summed E-state index contributed by atoms with van der Waals surface area (Å²) in [6.07, 6.45) is 0.250. The van der Waals surface area contributed by atoms with E-state index in [9.17, 15) is 14.0 Å². The largest absolute Gasteiger partial charge is 0.339 e. The molecule has 1 saturated heterocycles. The molecule has 0 bridgehead atoms. The summed E-state index contributed by atoms with van der Waals surface area (Å²) in [4.78, 5) is 28.4. The van der Waals surface area contributed by atoms with Crippen LogP contribution in [0.15, 0.2) is 30.3 Å². The van der Waals surface area contributed by atoms with E-state index in [1.54, 1.807) is 26.6 Å². The van der Waals surface area contributed by atoms with Gasteiger partial charge in [-0.3, -0.25) is 14.3 Å². The molecule has 0 radical (unpaired) electrons. The van der Waals surface area contributed by atoms with E-state index < -0.39 is 0 Å². The summed E-state index contributed by atoms with van der Waals surface area (Å²) in [5.74, 6) is -0.292. The van der Waals surface area contributed by atoms with Crippen molar-refractivity contribution in [3.05, 3.63) is 53.1 Å². The van der Waals surface area contributed by atoms with E-state index in [4.69, 9.17) is 0 Å². The Morgan fingerprint density at radius 2 is 1.58 bits per heavy atom. The topological polar surface area (TPSA) is 58.4 Å². The fourth-order valence-corrected chi connectivity index (χ4v) is 3.16. The van der Waals surface area contributed by atoms with E-state index in [-0.39, 0.29) is 30.6 Å². The standard InChI is InChI=1S/C19H23FN4O2/c1-14-11-15(2)24(21-14)13-19(26)23-9-7-22(8-10-23)18(25)12-16-3-5-17(20)6-4-16/h3-6,11H,7-10,12-13H2,1-2H3. The molecule has 0 saturated carbocycles. The number of rotatable bonds is 4. The van der Waals surface area contributed by atoms with E-state index in [1.165, 1.54) is 12.1 Å². The molecule has 1 aliphatic rings. The summed E-state index contributed by atoms with van der Waals surface area (Å²) in [5.41, 5.74) is 2.65. The van der Waals surface area contributed by atoms with Crippen LogP contribution in [-0.4, -0.2) is 57.6 Å². The van der Waals surface area contributed by atoms with Crippen molar-refractivity contribution in [1.29, 1.82) is 0 Å². The van der Waals surface area contributed by atoms with Crippen molar-refractivity contribution < 1.29 is 14.0 Å². The Labute approximate surface area is 152 Å². The van der Waals surface area contributed by atoms with Crippen LogP contribution in [0.5, 0.6) is 0 Å². The average molecular weight is 358 g/mol. The zero-order chi connectivity index (χ0) is 18.7. The van der Waals surface area contributed by atoms with Gasteiger partial charge in [-0.15, -0.1) is 0 Å². The highest BCUT2D eigenvalue weighted by Gasteiger charge is 2.24. The number of aryl methyl sites for hydroxylation is 2. The highest BCUT2D eigenvalue weighted by molar-refractivity contribution is 5.80. The Hall–Kier alpha value is -2.70. The summed E-state index contributed by atoms with van der Waals surface area (Å²) < 4.78 is 14.7. The van der Waals surface area contributed by atoms with Gasteiger partial charge in [-0.25, -0.2) is 4.39 Å². The number of amides is 2. The van der Waals surface area contributed by atoms with E-state index in [0.29, 0.717) is 26.2 Å². The lowest BCUT2D eigenvalue weighted by molar-refractivity contribution is -0.139. The minimum Gasteiger partial charge on any atom is -0.339 e. The molecule has 3 rings (SSSR count). The molecule has 0 aliphatic carbocycles. The Bertz CT molecular complexity index is 792. The first kappa shape index (κ1) is 18.1. The minimum absolute atomic E-state index is 0.00209. The first-order valence-corrected chi connectivity index (χ1v) is 8.73. The summed E-state index contributed by atoms with van der Waals surface area (Å²) in [6, 6.07) is 7.92. The van der Waals surface area contributed by atoms with E-state index in [1.807, 2.05) is 19.9 Å². The van der Waals surface area contributed by atoms with Gasteiger partial charge in [0.15, 0.2) is 0 Å². The highest BCUT2D eigenvalue weighted by Crippen LogP contribution is 2.10. The molecule has 26 heavy (non-hydrogen) atoms. The molecule has 1 aromatic heterocycles. The van der Waals surface area contributed by atoms with E-state index in [2.05, 4.69) is 5.10 Å². The predicted molar refractivity (Wildman–Crippen MR) is 95.0 cm³/mol. The van der Waals surface area contributed by atoms with Crippen molar-refractivity contribution in [3.63, 3.8) is 0 Å². The number of carbonyl (C=O) groups is 2. The van der Waals surface area contributed by atoms with Gasteiger partial charge in [0.25, 0.3) is 0 Å². The molecule has 1 aromatic carbocycles. The summed E-state index contributed by atoms with van der Waals surface area (Å²) in [7, 11) is 0. The maximum Gasteiger partial charge on any atom is 0.244 e. The summed E-state index contributed by atoms with van der Waals surface area (Å²) in [5, 5.41) is 4.32. The van der Waals surface area contributed by atoms with Gasteiger partial charge in [0.05, 0.1) is 12.1 Å². The molecular formula is C19H23FN4O2. The number of aromatic nitrogens is 2. The van der Waals surface area contributed by atoms with E-state index in [0.717, 1.165) is 17.0 Å². The lowest BCUT2D eigenvalue weighted by Gasteiger charge is -2.35. The number of halogens is 1. The van der Waals surface area contributed by atoms with Crippen molar-refractivity contribution in [1.82, 2.24) is 19.6 Å². The maximum absolute atomic E-state index is 12.9. The third-order valence-corrected chi connectivity index (χ3v) is 4.64. The number of piperazine rings is 1. The van der Waals surface area contributed by atoms with Crippen molar-refractivity contribution in [2.45, 2.75) is 26.8 Å². The Balaban J connectivity index is 1.50. The number of benzene rings is 1. The van der Waals surface area contributed by atoms with Crippen LogP contribution in [0.2, 0.25) is 0 Å². The van der Waals surface area contributed by atoms with Gasteiger partial charge in [0, 0.05) is 31.9 Å². The molecule has 1 fully saturated rings. The highest BCUT2D eigenvalue weighted by atomic mass is 19.1. The second-order valence-corrected chi connectivity index (χ2v) is 6.65. The van der Waals surface area contributed by atoms with Crippen LogP contribution < -0.4 is 0 Å². The molecule has 2 heterocycles. The van der Waals surface area contributed by atoms with Gasteiger partial charge in [-0.2, -0.15) is 5.10 Å². The van der Waals surface area contributed by atoms with Gasteiger partial charge in [-0.1, -0.05) is 12.1 Å². The minimum atomic E-state index is -0.309. The zero-order valence-electron chi connectivity index (χ0n) is 15.1. The van der Waals surface area contributed by atoms with Crippen LogP contribution in [0.3, 0.4) is 0 Å². The Morgan fingerprint density at radius 1 is 1.00 bits per heavy atom. The predicted octanol–water partition coefficient (Wildman–Crippen LogP) is 1.55. The van der Waals surface area contributed by atoms with Crippen LogP contribution in [0.1, 0.15) is 17.0 Å². The first-order chi connectivity index (χ1) is 12.4. The lowest BCUT2D eigenvalue weighted by atomic mass is 10.1. The molecule has 1 aliphatic heterocycles. The SMILES string of the molecule is Cc1cc(C)n(CC(=O)N2CCN(C(=O)Cc3ccc(F)cc3)CC2)n1. The third-order valence-electron chi connectivity index (χ3n) is 4.64. The molecular weight excluding hydrogens is 335 g/mol. The second-order valence-electron chi connectivity index (χ2n) is 6.65. The molecule has 2 amide bonds. The smallest absolute Gasteiger partial charge is 0.244 e. The fourth-order valence-electron chi connectivity index (χ4n) is 3.16. The lowest BCUT2D eigenvalue weighted by Crippen LogP contribution is -2.51. The molecule has 0 N–H and O–H groups in total. The van der Waals surface area contributed by atoms with Crippen molar-refractivity contribution >= 4 is 11.8 Å². The van der Waals surface area contributed by atoms with Crippen molar-refractivity contribution in [2.75, 3.05) is 26.2 Å². The van der Waals surface area contributed by atoms with Crippen LogP contribution in [0.25, 0.3) is 0 Å². The number of hydrogen-bond acceptors (Lipinski definition) is 3. The van der Waals surface area contributed by atoms with Gasteiger partial charge in [-0.05, 0) is 37.6 Å². The molecule has 0 unspecified atom stereocenters. The normalized spacial score (nSPS) is 14.6. The third kappa shape index (κ3) is 4.28. The maximum atomic E-state index is 12.9. The molecule has 6 nitrogen and oxygen atoms in total. The zero-order valence-corrected chi connectivity index (χ0v) is 15.1. The van der Waals surface area contributed by atoms with Crippen LogP contribution >= 0.6 is 0 Å². The summed E-state index contributed by atoms with van der Waals surface area (Å²) >= 11 is 0. The summed E-state index contributed by atoms with van der Waals surface area (Å²) in [6.45, 7) is 6.13. The first-order valence-electron chi connectivity index (χ1n) is 8.73. The van der Waals surface area contributed by atoms with Crippen LogP contribution in [0.4, 0.5) is 4.39 Å². The molecule has 7 heteroatoms. The molecule has 2 aromatic rings. The van der Waals surface area contributed by atoms with Gasteiger partial charge >= 0.3 is 0 Å². The van der Waals surface area contributed by atoms with Gasteiger partial charge in [0.1, 0.15) is 12.4 Å². The number of carbonyl (C=O) groups excluding carboxylic acids is 2. The van der Waals surface area contributed by atoms with Gasteiger partial charge < -0.3 is 9.80 Å². The van der Waals surface area contributed by atoms with E-state index >= 15 is 0 Å². The quantitative estimate of drug-likeness (QED) is 0.833. The average Bonchev–Trinajstić information content (AvgIpc) is 2.94. The van der Waals surface area contributed by atoms with Crippen molar-refractivity contribution in [3.8, 4) is 0 Å². The Morgan fingerprint density at radius 3 is 2.12 bits per heavy atom. The second kappa shape index (κ2) is 7.68. The number of nitrogens with zero attached hydrogens (tertiary/aromatic N) is 4. The van der Waals surface area contributed by atoms with Crippen LogP contribution in [-0.2, 0) is 22.6 Å². The van der Waals surface area contributed by atoms with Gasteiger partial charge in [0.2, 0.25) is 11.8 Å². The number of hydrogen-bond donors (Lipinski definition) is 0. The van der Waals surface area contributed by atoms with Crippen LogP contribution in [0, 0.1) is 19.7 Å². The Kier molecular flexibility index (Phi) is 5.35. The molecule has 0 spiro atoms. The monoisotopic (exact) mass is 358 g/mol. The molecule has 0 atom stereocenters. The van der Waals surface area contributed by atoms with Crippen molar-refractivity contribution in [2.24, 2.45) is 0 Å². The molecule has 138 valence electrons. The fraction of sp³-hybridized carbons (Fsp3) is 0.421.